The number of fused-ring (bicyclic) bond motifs is 2. The number of nitriles is 1. The molecule has 1 unspecified atom stereocenters. The number of nitrogens with one attached hydrogen (secondary N) is 1. The van der Waals surface area contributed by atoms with Gasteiger partial charge >= 0.3 is 6.01 Å². The van der Waals surface area contributed by atoms with E-state index < -0.39 is 0 Å². The molecule has 2 atom stereocenters. The van der Waals surface area contributed by atoms with Crippen LogP contribution in [0.15, 0.2) is 36.4 Å². The molecule has 8 nitrogen and oxygen atoms in total. The van der Waals surface area contributed by atoms with E-state index in [1.807, 2.05) is 0 Å². The molecular formula is C30H37N7O. The van der Waals surface area contributed by atoms with Crippen molar-refractivity contribution in [2.45, 2.75) is 51.2 Å². The van der Waals surface area contributed by atoms with Crippen LogP contribution in [-0.4, -0.2) is 73.3 Å². The molecule has 3 aromatic rings. The van der Waals surface area contributed by atoms with Crippen molar-refractivity contribution in [1.29, 1.82) is 5.26 Å². The first-order chi connectivity index (χ1) is 18.6. The number of likely N-dealkylation sites (N-methyl/N-ethyl adjacent to an activating group) is 1. The molecule has 8 heteroatoms. The van der Waals surface area contributed by atoms with Gasteiger partial charge in [0.05, 0.1) is 24.7 Å². The Morgan fingerprint density at radius 2 is 1.97 bits per heavy atom. The molecule has 198 valence electrons. The van der Waals surface area contributed by atoms with Gasteiger partial charge in [-0.2, -0.15) is 15.2 Å². The Labute approximate surface area is 225 Å². The number of ether oxygens (including phenoxy) is 1. The Morgan fingerprint density at radius 1 is 1.11 bits per heavy atom. The maximum atomic E-state index is 9.28. The SMILES string of the molecule is Cc1cccc2cccc(N3CCc4c(nc(OC[C@@H]5CCCN5C)nc4N4CCNC(CC#N)C4)C3)c12. The van der Waals surface area contributed by atoms with Gasteiger partial charge in [-0.3, -0.25) is 0 Å². The summed E-state index contributed by atoms with van der Waals surface area (Å²) in [5.74, 6) is 0.989. The van der Waals surface area contributed by atoms with Crippen LogP contribution in [0.4, 0.5) is 11.5 Å². The zero-order valence-corrected chi connectivity index (χ0v) is 22.5. The predicted octanol–water partition coefficient (Wildman–Crippen LogP) is 3.67. The van der Waals surface area contributed by atoms with E-state index >= 15 is 0 Å². The standard InChI is InChI=1S/C30H37N7O/c1-21-6-3-7-22-8-4-10-27(28(21)22)36-16-12-25-26(19-36)33-30(38-20-24-9-5-15-35(24)2)34-29(25)37-17-14-32-23(18-37)11-13-31/h3-4,6-8,10,23-24,32H,5,9,11-12,14-20H2,1-2H3/t23?,24-/m0/s1. The highest BCUT2D eigenvalue weighted by atomic mass is 16.5. The lowest BCUT2D eigenvalue weighted by atomic mass is 9.99. The lowest BCUT2D eigenvalue weighted by Crippen LogP contribution is -2.51. The third kappa shape index (κ3) is 4.89. The second kappa shape index (κ2) is 10.8. The Bertz CT molecular complexity index is 1350. The molecule has 1 N–H and O–H groups in total. The zero-order chi connectivity index (χ0) is 26.1. The first kappa shape index (κ1) is 24.9. The zero-order valence-electron chi connectivity index (χ0n) is 22.5. The van der Waals surface area contributed by atoms with E-state index in [-0.39, 0.29) is 6.04 Å². The van der Waals surface area contributed by atoms with Crippen LogP contribution in [0.2, 0.25) is 0 Å². The van der Waals surface area contributed by atoms with Gasteiger partial charge in [0.2, 0.25) is 0 Å². The second-order valence-corrected chi connectivity index (χ2v) is 10.9. The van der Waals surface area contributed by atoms with Crippen molar-refractivity contribution in [2.24, 2.45) is 0 Å². The van der Waals surface area contributed by atoms with E-state index in [9.17, 15) is 5.26 Å². The number of hydrogen-bond acceptors (Lipinski definition) is 8. The number of likely N-dealkylation sites (tertiary alicyclic amines) is 1. The predicted molar refractivity (Wildman–Crippen MR) is 151 cm³/mol. The fraction of sp³-hybridized carbons (Fsp3) is 0.500. The van der Waals surface area contributed by atoms with E-state index in [4.69, 9.17) is 14.7 Å². The first-order valence-corrected chi connectivity index (χ1v) is 13.9. The first-order valence-electron chi connectivity index (χ1n) is 13.9. The van der Waals surface area contributed by atoms with Gasteiger partial charge in [-0.25, -0.2) is 0 Å². The summed E-state index contributed by atoms with van der Waals surface area (Å²) in [5, 5.41) is 15.3. The molecule has 6 rings (SSSR count). The van der Waals surface area contributed by atoms with Crippen LogP contribution < -0.4 is 19.9 Å². The molecule has 2 saturated heterocycles. The van der Waals surface area contributed by atoms with Gasteiger partial charge in [-0.1, -0.05) is 30.3 Å². The maximum Gasteiger partial charge on any atom is 0.318 e. The molecule has 3 aliphatic rings. The molecular weight excluding hydrogens is 474 g/mol. The number of benzene rings is 2. The molecule has 38 heavy (non-hydrogen) atoms. The van der Waals surface area contributed by atoms with Crippen molar-refractivity contribution in [3.63, 3.8) is 0 Å². The Kier molecular flexibility index (Phi) is 7.05. The average molecular weight is 512 g/mol. The van der Waals surface area contributed by atoms with Crippen molar-refractivity contribution in [1.82, 2.24) is 20.2 Å². The summed E-state index contributed by atoms with van der Waals surface area (Å²) < 4.78 is 6.29. The normalized spacial score (nSPS) is 21.9. The van der Waals surface area contributed by atoms with Crippen LogP contribution in [0.3, 0.4) is 0 Å². The van der Waals surface area contributed by atoms with E-state index in [1.165, 1.54) is 34.0 Å². The summed E-state index contributed by atoms with van der Waals surface area (Å²) in [6.07, 6.45) is 3.73. The fourth-order valence-electron chi connectivity index (χ4n) is 6.31. The van der Waals surface area contributed by atoms with Gasteiger partial charge in [0.25, 0.3) is 0 Å². The second-order valence-electron chi connectivity index (χ2n) is 10.9. The highest BCUT2D eigenvalue weighted by molar-refractivity contribution is 5.97. The molecule has 0 bridgehead atoms. The van der Waals surface area contributed by atoms with Gasteiger partial charge in [-0.15, -0.1) is 0 Å². The largest absolute Gasteiger partial charge is 0.462 e. The lowest BCUT2D eigenvalue weighted by molar-refractivity contribution is 0.187. The minimum absolute atomic E-state index is 0.148. The molecule has 0 aliphatic carbocycles. The third-order valence-corrected chi connectivity index (χ3v) is 8.42. The number of piperazine rings is 1. The van der Waals surface area contributed by atoms with Gasteiger partial charge < -0.3 is 24.8 Å². The number of nitrogens with zero attached hydrogens (tertiary/aromatic N) is 6. The smallest absolute Gasteiger partial charge is 0.318 e. The molecule has 1 aromatic heterocycles. The van der Waals surface area contributed by atoms with Crippen molar-refractivity contribution in [2.75, 3.05) is 56.2 Å². The molecule has 4 heterocycles. The summed E-state index contributed by atoms with van der Waals surface area (Å²) >= 11 is 0. The Balaban J connectivity index is 1.34. The van der Waals surface area contributed by atoms with Crippen molar-refractivity contribution in [3.8, 4) is 12.1 Å². The molecule has 2 aromatic carbocycles. The minimum Gasteiger partial charge on any atom is -0.462 e. The van der Waals surface area contributed by atoms with Crippen molar-refractivity contribution in [3.05, 3.63) is 53.2 Å². The molecule has 0 radical (unpaired) electrons. The quantitative estimate of drug-likeness (QED) is 0.537. The summed E-state index contributed by atoms with van der Waals surface area (Å²) in [7, 11) is 2.17. The van der Waals surface area contributed by atoms with E-state index in [1.54, 1.807) is 0 Å². The molecule has 0 saturated carbocycles. The number of aryl methyl sites for hydroxylation is 1. The number of hydrogen-bond donors (Lipinski definition) is 1. The van der Waals surface area contributed by atoms with Crippen molar-refractivity contribution >= 4 is 22.3 Å². The summed E-state index contributed by atoms with van der Waals surface area (Å²) in [4.78, 5) is 17.2. The molecule has 2 fully saturated rings. The van der Waals surface area contributed by atoms with Crippen LogP contribution in [0.1, 0.15) is 36.1 Å². The van der Waals surface area contributed by atoms with Crippen LogP contribution >= 0.6 is 0 Å². The maximum absolute atomic E-state index is 9.28. The van der Waals surface area contributed by atoms with E-state index in [2.05, 4.69) is 76.5 Å². The third-order valence-electron chi connectivity index (χ3n) is 8.42. The molecule has 3 aliphatic heterocycles. The van der Waals surface area contributed by atoms with Gasteiger partial charge in [0, 0.05) is 54.9 Å². The highest BCUT2D eigenvalue weighted by Crippen LogP contribution is 2.35. The van der Waals surface area contributed by atoms with Crippen LogP contribution in [0.5, 0.6) is 6.01 Å². The average Bonchev–Trinajstić information content (AvgIpc) is 3.35. The van der Waals surface area contributed by atoms with Gasteiger partial charge in [0.15, 0.2) is 0 Å². The van der Waals surface area contributed by atoms with Crippen LogP contribution in [0, 0.1) is 18.3 Å². The number of rotatable bonds is 6. The van der Waals surface area contributed by atoms with Crippen LogP contribution in [0.25, 0.3) is 10.8 Å². The van der Waals surface area contributed by atoms with Crippen LogP contribution in [-0.2, 0) is 13.0 Å². The minimum atomic E-state index is 0.148. The number of anilines is 2. The number of aromatic nitrogens is 2. The monoisotopic (exact) mass is 511 g/mol. The highest BCUT2D eigenvalue weighted by Gasteiger charge is 2.30. The summed E-state index contributed by atoms with van der Waals surface area (Å²) in [6.45, 7) is 8.04. The van der Waals surface area contributed by atoms with Gasteiger partial charge in [0.1, 0.15) is 12.4 Å². The Hall–Kier alpha value is -3.41. The van der Waals surface area contributed by atoms with Crippen molar-refractivity contribution < 1.29 is 4.74 Å². The topological polar surface area (TPSA) is 80.6 Å². The Morgan fingerprint density at radius 3 is 2.79 bits per heavy atom. The lowest BCUT2D eigenvalue weighted by Gasteiger charge is -2.37. The van der Waals surface area contributed by atoms with Gasteiger partial charge in [-0.05, 0) is 56.8 Å². The molecule has 0 amide bonds. The summed E-state index contributed by atoms with van der Waals surface area (Å²) in [5.41, 5.74) is 4.83. The van der Waals surface area contributed by atoms with E-state index in [0.29, 0.717) is 25.1 Å². The molecule has 0 spiro atoms. The summed E-state index contributed by atoms with van der Waals surface area (Å²) in [6, 6.07) is 16.5. The van der Waals surface area contributed by atoms with E-state index in [0.717, 1.165) is 63.6 Å². The fourth-order valence-corrected chi connectivity index (χ4v) is 6.31.